The number of thiazole rings is 1. The van der Waals surface area contributed by atoms with Crippen LogP contribution in [0, 0.1) is 5.92 Å². The highest BCUT2D eigenvalue weighted by atomic mass is 32.1. The van der Waals surface area contributed by atoms with Crippen molar-refractivity contribution in [1.82, 2.24) is 10.3 Å². The number of nitrogens with zero attached hydrogens (tertiary/aromatic N) is 1. The summed E-state index contributed by atoms with van der Waals surface area (Å²) in [6, 6.07) is 0. The molecule has 1 saturated heterocycles. The fraction of sp³-hybridized carbons (Fsp3) is 0.786. The molecule has 102 valence electrons. The van der Waals surface area contributed by atoms with E-state index < -0.39 is 0 Å². The second-order valence-electron chi connectivity index (χ2n) is 5.44. The van der Waals surface area contributed by atoms with Gasteiger partial charge in [-0.05, 0) is 31.7 Å². The smallest absolute Gasteiger partial charge is 0.0954 e. The van der Waals surface area contributed by atoms with Crippen molar-refractivity contribution in [3.05, 3.63) is 16.1 Å². The van der Waals surface area contributed by atoms with Crippen LogP contribution in [0.5, 0.6) is 0 Å². The minimum atomic E-state index is 0.404. The molecule has 2 heterocycles. The molecule has 1 fully saturated rings. The average molecular weight is 268 g/mol. The number of ether oxygens (including phenoxy) is 1. The predicted molar refractivity (Wildman–Crippen MR) is 76.0 cm³/mol. The van der Waals surface area contributed by atoms with Gasteiger partial charge in [0, 0.05) is 30.6 Å². The topological polar surface area (TPSA) is 34.2 Å². The van der Waals surface area contributed by atoms with Crippen molar-refractivity contribution in [3.8, 4) is 0 Å². The van der Waals surface area contributed by atoms with Gasteiger partial charge in [0.25, 0.3) is 0 Å². The maximum absolute atomic E-state index is 5.75. The van der Waals surface area contributed by atoms with Gasteiger partial charge in [0.05, 0.1) is 11.1 Å². The number of nitrogens with one attached hydrogen (secondary N) is 1. The third-order valence-corrected chi connectivity index (χ3v) is 4.15. The van der Waals surface area contributed by atoms with Crippen LogP contribution in [-0.2, 0) is 17.7 Å². The highest BCUT2D eigenvalue weighted by Crippen LogP contribution is 2.20. The van der Waals surface area contributed by atoms with Gasteiger partial charge in [-0.15, -0.1) is 11.3 Å². The fourth-order valence-corrected chi connectivity index (χ4v) is 3.13. The summed E-state index contributed by atoms with van der Waals surface area (Å²) in [4.78, 5) is 5.84. The first-order valence-electron chi connectivity index (χ1n) is 7.00. The van der Waals surface area contributed by atoms with E-state index in [9.17, 15) is 0 Å². The standard InChI is InChI=1S/C14H24N2OS/c1-11(2)8-15-9-13-10-16-14(18-13)7-12-5-3-4-6-17-12/h10-12,15H,3-9H2,1-2H3. The highest BCUT2D eigenvalue weighted by Gasteiger charge is 2.16. The van der Waals surface area contributed by atoms with Gasteiger partial charge in [0.2, 0.25) is 0 Å². The molecule has 0 spiro atoms. The zero-order valence-corrected chi connectivity index (χ0v) is 12.3. The Kier molecular flexibility index (Phi) is 5.60. The van der Waals surface area contributed by atoms with E-state index in [2.05, 4.69) is 24.1 Å². The Bertz CT molecular complexity index is 345. The SMILES string of the molecule is CC(C)CNCc1cnc(CC2CCCCO2)s1. The van der Waals surface area contributed by atoms with Crippen LogP contribution < -0.4 is 5.32 Å². The normalized spacial score (nSPS) is 20.5. The lowest BCUT2D eigenvalue weighted by Crippen LogP contribution is -2.21. The third kappa shape index (κ3) is 4.67. The molecule has 0 aromatic carbocycles. The van der Waals surface area contributed by atoms with Gasteiger partial charge in [0.15, 0.2) is 0 Å². The van der Waals surface area contributed by atoms with Crippen molar-refractivity contribution in [2.24, 2.45) is 5.92 Å². The maximum atomic E-state index is 5.75. The van der Waals surface area contributed by atoms with Gasteiger partial charge in [-0.25, -0.2) is 4.98 Å². The molecule has 0 bridgehead atoms. The second-order valence-corrected chi connectivity index (χ2v) is 6.64. The Morgan fingerprint density at radius 3 is 3.11 bits per heavy atom. The van der Waals surface area contributed by atoms with Crippen molar-refractivity contribution in [2.45, 2.75) is 52.2 Å². The molecule has 1 aromatic heterocycles. The van der Waals surface area contributed by atoms with E-state index in [1.807, 2.05) is 17.5 Å². The van der Waals surface area contributed by atoms with Crippen LogP contribution >= 0.6 is 11.3 Å². The monoisotopic (exact) mass is 268 g/mol. The Morgan fingerprint density at radius 1 is 1.50 bits per heavy atom. The Balaban J connectivity index is 1.74. The molecule has 1 unspecified atom stereocenters. The van der Waals surface area contributed by atoms with Gasteiger partial charge in [-0.1, -0.05) is 13.8 Å². The van der Waals surface area contributed by atoms with E-state index >= 15 is 0 Å². The van der Waals surface area contributed by atoms with Crippen LogP contribution in [0.3, 0.4) is 0 Å². The minimum absolute atomic E-state index is 0.404. The molecule has 0 amide bonds. The number of aromatic nitrogens is 1. The summed E-state index contributed by atoms with van der Waals surface area (Å²) in [5.41, 5.74) is 0. The Hall–Kier alpha value is -0.450. The molecule has 4 heteroatoms. The molecule has 1 aromatic rings. The van der Waals surface area contributed by atoms with Crippen LogP contribution in [-0.4, -0.2) is 24.2 Å². The summed E-state index contributed by atoms with van der Waals surface area (Å²) in [5.74, 6) is 0.702. The Labute approximate surface area is 114 Å². The third-order valence-electron chi connectivity index (χ3n) is 3.13. The number of hydrogen-bond acceptors (Lipinski definition) is 4. The van der Waals surface area contributed by atoms with Gasteiger partial charge in [-0.3, -0.25) is 0 Å². The second kappa shape index (κ2) is 7.22. The Morgan fingerprint density at radius 2 is 2.39 bits per heavy atom. The fourth-order valence-electron chi connectivity index (χ4n) is 2.17. The van der Waals surface area contributed by atoms with Gasteiger partial charge >= 0.3 is 0 Å². The van der Waals surface area contributed by atoms with Crippen molar-refractivity contribution in [3.63, 3.8) is 0 Å². The van der Waals surface area contributed by atoms with E-state index in [-0.39, 0.29) is 0 Å². The molecular weight excluding hydrogens is 244 g/mol. The number of rotatable bonds is 6. The molecule has 0 saturated carbocycles. The first-order chi connectivity index (χ1) is 8.74. The van der Waals surface area contributed by atoms with Gasteiger partial charge in [0.1, 0.15) is 0 Å². The molecular formula is C14H24N2OS. The molecule has 2 rings (SSSR count). The molecule has 1 atom stereocenters. The lowest BCUT2D eigenvalue weighted by Gasteiger charge is -2.21. The summed E-state index contributed by atoms with van der Waals surface area (Å²) in [7, 11) is 0. The highest BCUT2D eigenvalue weighted by molar-refractivity contribution is 7.11. The molecule has 1 N–H and O–H groups in total. The average Bonchev–Trinajstić information content (AvgIpc) is 2.78. The first kappa shape index (κ1) is 14.0. The minimum Gasteiger partial charge on any atom is -0.378 e. The van der Waals surface area contributed by atoms with E-state index in [1.165, 1.54) is 29.1 Å². The molecule has 1 aliphatic heterocycles. The van der Waals surface area contributed by atoms with Crippen LogP contribution in [0.25, 0.3) is 0 Å². The van der Waals surface area contributed by atoms with Crippen LogP contribution in [0.2, 0.25) is 0 Å². The van der Waals surface area contributed by atoms with E-state index in [0.29, 0.717) is 12.0 Å². The quantitative estimate of drug-likeness (QED) is 0.861. The predicted octanol–water partition coefficient (Wildman–Crippen LogP) is 3.00. The number of hydrogen-bond donors (Lipinski definition) is 1. The molecule has 18 heavy (non-hydrogen) atoms. The summed E-state index contributed by atoms with van der Waals surface area (Å²) < 4.78 is 5.75. The van der Waals surface area contributed by atoms with Crippen LogP contribution in [0.1, 0.15) is 43.0 Å². The largest absolute Gasteiger partial charge is 0.378 e. The molecule has 1 aliphatic rings. The molecule has 3 nitrogen and oxygen atoms in total. The zero-order valence-electron chi connectivity index (χ0n) is 11.4. The van der Waals surface area contributed by atoms with Crippen molar-refractivity contribution < 1.29 is 4.74 Å². The van der Waals surface area contributed by atoms with E-state index in [1.54, 1.807) is 0 Å². The van der Waals surface area contributed by atoms with Crippen molar-refractivity contribution in [1.29, 1.82) is 0 Å². The van der Waals surface area contributed by atoms with E-state index in [4.69, 9.17) is 4.74 Å². The maximum Gasteiger partial charge on any atom is 0.0954 e. The van der Waals surface area contributed by atoms with Gasteiger partial charge < -0.3 is 10.1 Å². The van der Waals surface area contributed by atoms with Crippen molar-refractivity contribution >= 4 is 11.3 Å². The van der Waals surface area contributed by atoms with Gasteiger partial charge in [-0.2, -0.15) is 0 Å². The zero-order chi connectivity index (χ0) is 12.8. The molecule has 0 aliphatic carbocycles. The summed E-state index contributed by atoms with van der Waals surface area (Å²) in [5, 5.41) is 4.68. The summed E-state index contributed by atoms with van der Waals surface area (Å²) in [6.45, 7) is 7.40. The van der Waals surface area contributed by atoms with Crippen LogP contribution in [0.4, 0.5) is 0 Å². The summed E-state index contributed by atoms with van der Waals surface area (Å²) in [6.07, 6.45) is 7.13. The van der Waals surface area contributed by atoms with Crippen LogP contribution in [0.15, 0.2) is 6.20 Å². The van der Waals surface area contributed by atoms with E-state index in [0.717, 1.165) is 26.1 Å². The van der Waals surface area contributed by atoms with Crippen molar-refractivity contribution in [2.75, 3.05) is 13.2 Å². The lowest BCUT2D eigenvalue weighted by atomic mass is 10.1. The lowest BCUT2D eigenvalue weighted by molar-refractivity contribution is 0.0168. The first-order valence-corrected chi connectivity index (χ1v) is 7.81. The summed E-state index contributed by atoms with van der Waals surface area (Å²) >= 11 is 1.82. The molecule has 0 radical (unpaired) electrons.